The minimum absolute atomic E-state index is 0.00615. The van der Waals surface area contributed by atoms with Gasteiger partial charge in [0.1, 0.15) is 0 Å². The van der Waals surface area contributed by atoms with Crippen LogP contribution in [0, 0.1) is 5.92 Å². The molecule has 0 radical (unpaired) electrons. The lowest BCUT2D eigenvalue weighted by molar-refractivity contribution is -0.110. The molecule has 1 aliphatic carbocycles. The number of sulfone groups is 1. The van der Waals surface area contributed by atoms with E-state index >= 15 is 0 Å². The van der Waals surface area contributed by atoms with Gasteiger partial charge >= 0.3 is 0 Å². The van der Waals surface area contributed by atoms with Gasteiger partial charge in [-0.2, -0.15) is 0 Å². The molecule has 1 saturated carbocycles. The molecule has 29 heavy (non-hydrogen) atoms. The monoisotopic (exact) mass is 413 g/mol. The van der Waals surface area contributed by atoms with Crippen molar-refractivity contribution in [3.05, 3.63) is 65.7 Å². The third-order valence-corrected chi connectivity index (χ3v) is 7.67. The fraction of sp³-hybridized carbons (Fsp3) is 0.435. The maximum absolute atomic E-state index is 13.3. The Labute approximate surface area is 172 Å². The van der Waals surface area contributed by atoms with Crippen LogP contribution in [-0.4, -0.2) is 43.2 Å². The zero-order chi connectivity index (χ0) is 20.6. The molecule has 1 unspecified atom stereocenters. The van der Waals surface area contributed by atoms with Crippen LogP contribution in [0.4, 0.5) is 0 Å². The van der Waals surface area contributed by atoms with Gasteiger partial charge in [0.25, 0.3) is 5.91 Å². The Balaban J connectivity index is 1.62. The first-order chi connectivity index (χ1) is 13.8. The number of aliphatic hydroxyl groups is 1. The standard InChI is InChI=1S/C23H27NO4S/c1-29(27,28)19-13-11-17(12-14-19)22(25)24-16-15-23(26,18-7-3-2-4-8-18)20-9-5-6-10-21(20)24/h2-4,7-8,11-14,20-21,26H,5-6,9-10,15-16H2,1H3/t20-,21+,23?/m1/s1. The van der Waals surface area contributed by atoms with Crippen molar-refractivity contribution in [2.75, 3.05) is 12.8 Å². The molecule has 1 N–H and O–H groups in total. The number of fused-ring (bicyclic) bond motifs is 1. The highest BCUT2D eigenvalue weighted by atomic mass is 32.2. The molecule has 4 rings (SSSR count). The summed E-state index contributed by atoms with van der Waals surface area (Å²) in [6.45, 7) is 0.485. The first-order valence-electron chi connectivity index (χ1n) is 10.2. The third-order valence-electron chi connectivity index (χ3n) is 6.54. The van der Waals surface area contributed by atoms with Gasteiger partial charge in [-0.25, -0.2) is 8.42 Å². The van der Waals surface area contributed by atoms with Crippen LogP contribution in [0.25, 0.3) is 0 Å². The fourth-order valence-electron chi connectivity index (χ4n) is 5.03. The molecule has 1 heterocycles. The second kappa shape index (κ2) is 7.58. The van der Waals surface area contributed by atoms with E-state index in [0.29, 0.717) is 18.5 Å². The number of hydrogen-bond acceptors (Lipinski definition) is 4. The van der Waals surface area contributed by atoms with Crippen molar-refractivity contribution < 1.29 is 18.3 Å². The lowest BCUT2D eigenvalue weighted by Gasteiger charge is -2.52. The van der Waals surface area contributed by atoms with Crippen molar-refractivity contribution in [2.24, 2.45) is 5.92 Å². The minimum atomic E-state index is -3.29. The van der Waals surface area contributed by atoms with Crippen LogP contribution in [0.5, 0.6) is 0 Å². The quantitative estimate of drug-likeness (QED) is 0.837. The number of carbonyl (C=O) groups excluding carboxylic acids is 1. The first-order valence-corrected chi connectivity index (χ1v) is 12.1. The number of carbonyl (C=O) groups is 1. The average molecular weight is 414 g/mol. The number of piperidine rings is 1. The Hall–Kier alpha value is -2.18. The highest BCUT2D eigenvalue weighted by Crippen LogP contribution is 2.47. The van der Waals surface area contributed by atoms with Gasteiger partial charge in [-0.1, -0.05) is 43.2 Å². The normalized spacial score (nSPS) is 27.3. The van der Waals surface area contributed by atoms with Gasteiger partial charge in [0, 0.05) is 30.3 Å². The fourth-order valence-corrected chi connectivity index (χ4v) is 5.66. The van der Waals surface area contributed by atoms with Gasteiger partial charge < -0.3 is 10.0 Å². The molecule has 154 valence electrons. The number of hydrogen-bond donors (Lipinski definition) is 1. The summed E-state index contributed by atoms with van der Waals surface area (Å²) in [4.78, 5) is 15.4. The summed E-state index contributed by atoms with van der Waals surface area (Å²) in [6.07, 6.45) is 5.54. The smallest absolute Gasteiger partial charge is 0.254 e. The third kappa shape index (κ3) is 3.71. The number of likely N-dealkylation sites (tertiary alicyclic amines) is 1. The summed E-state index contributed by atoms with van der Waals surface area (Å²) in [7, 11) is -3.29. The topological polar surface area (TPSA) is 74.7 Å². The summed E-state index contributed by atoms with van der Waals surface area (Å²) in [5.41, 5.74) is 0.511. The molecule has 0 aromatic heterocycles. The van der Waals surface area contributed by atoms with E-state index in [4.69, 9.17) is 0 Å². The number of amides is 1. The average Bonchev–Trinajstić information content (AvgIpc) is 2.74. The maximum Gasteiger partial charge on any atom is 0.254 e. The molecule has 1 amide bonds. The van der Waals surface area contributed by atoms with Gasteiger partial charge in [0.15, 0.2) is 9.84 Å². The van der Waals surface area contributed by atoms with Gasteiger partial charge in [-0.05, 0) is 49.1 Å². The van der Waals surface area contributed by atoms with Crippen molar-refractivity contribution in [1.82, 2.24) is 4.90 Å². The van der Waals surface area contributed by atoms with Gasteiger partial charge in [-0.15, -0.1) is 0 Å². The molecule has 1 saturated heterocycles. The molecule has 2 aromatic carbocycles. The molecule has 6 heteroatoms. The van der Waals surface area contributed by atoms with Crippen molar-refractivity contribution in [2.45, 2.75) is 48.6 Å². The van der Waals surface area contributed by atoms with Gasteiger partial charge in [0.2, 0.25) is 0 Å². The molecule has 0 bridgehead atoms. The van der Waals surface area contributed by atoms with Crippen LogP contribution < -0.4 is 0 Å². The predicted molar refractivity (Wildman–Crippen MR) is 111 cm³/mol. The summed E-state index contributed by atoms with van der Waals surface area (Å²) < 4.78 is 23.4. The van der Waals surface area contributed by atoms with E-state index in [1.165, 1.54) is 12.1 Å². The van der Waals surface area contributed by atoms with Crippen molar-refractivity contribution in [3.63, 3.8) is 0 Å². The van der Waals surface area contributed by atoms with E-state index in [9.17, 15) is 18.3 Å². The van der Waals surface area contributed by atoms with E-state index in [-0.39, 0.29) is 22.8 Å². The zero-order valence-electron chi connectivity index (χ0n) is 16.6. The molecule has 3 atom stereocenters. The molecular weight excluding hydrogens is 386 g/mol. The van der Waals surface area contributed by atoms with Crippen LogP contribution in [0.3, 0.4) is 0 Å². The summed E-state index contributed by atoms with van der Waals surface area (Å²) in [6, 6.07) is 16.0. The molecule has 2 aromatic rings. The first kappa shape index (κ1) is 20.1. The lowest BCUT2D eigenvalue weighted by Crippen LogP contribution is -2.58. The minimum Gasteiger partial charge on any atom is -0.385 e. The SMILES string of the molecule is CS(=O)(=O)c1ccc(C(=O)N2CCC(O)(c3ccccc3)[C@@H]3CCCC[C@@H]32)cc1. The van der Waals surface area contributed by atoms with E-state index in [0.717, 1.165) is 37.5 Å². The molecule has 2 fully saturated rings. The van der Waals surface area contributed by atoms with Crippen LogP contribution in [0.15, 0.2) is 59.5 Å². The Morgan fingerprint density at radius 3 is 2.34 bits per heavy atom. The van der Waals surface area contributed by atoms with E-state index in [2.05, 4.69) is 0 Å². The van der Waals surface area contributed by atoms with Crippen LogP contribution in [-0.2, 0) is 15.4 Å². The van der Waals surface area contributed by atoms with E-state index < -0.39 is 15.4 Å². The largest absolute Gasteiger partial charge is 0.385 e. The summed E-state index contributed by atoms with van der Waals surface area (Å²) >= 11 is 0. The Bertz CT molecular complexity index is 987. The van der Waals surface area contributed by atoms with Crippen LogP contribution in [0.2, 0.25) is 0 Å². The Morgan fingerprint density at radius 2 is 1.69 bits per heavy atom. The van der Waals surface area contributed by atoms with Gasteiger partial charge in [-0.3, -0.25) is 4.79 Å². The van der Waals surface area contributed by atoms with Crippen molar-refractivity contribution in [1.29, 1.82) is 0 Å². The Kier molecular flexibility index (Phi) is 5.25. The molecule has 2 aliphatic rings. The summed E-state index contributed by atoms with van der Waals surface area (Å²) in [5.74, 6) is -0.0799. The molecule has 0 spiro atoms. The molecular formula is C23H27NO4S. The van der Waals surface area contributed by atoms with Crippen LogP contribution >= 0.6 is 0 Å². The highest BCUT2D eigenvalue weighted by Gasteiger charge is 2.50. The molecule has 5 nitrogen and oxygen atoms in total. The predicted octanol–water partition coefficient (Wildman–Crippen LogP) is 3.38. The number of rotatable bonds is 3. The zero-order valence-corrected chi connectivity index (χ0v) is 17.4. The maximum atomic E-state index is 13.3. The number of nitrogens with zero attached hydrogens (tertiary/aromatic N) is 1. The van der Waals surface area contributed by atoms with E-state index in [1.54, 1.807) is 12.1 Å². The Morgan fingerprint density at radius 1 is 1.03 bits per heavy atom. The van der Waals surface area contributed by atoms with Crippen LogP contribution in [0.1, 0.15) is 48.0 Å². The molecule has 1 aliphatic heterocycles. The summed E-state index contributed by atoms with van der Waals surface area (Å²) in [5, 5.41) is 11.6. The van der Waals surface area contributed by atoms with Gasteiger partial charge in [0.05, 0.1) is 10.5 Å². The second-order valence-electron chi connectivity index (χ2n) is 8.29. The number of benzene rings is 2. The highest BCUT2D eigenvalue weighted by molar-refractivity contribution is 7.90. The van der Waals surface area contributed by atoms with E-state index in [1.807, 2.05) is 35.2 Å². The van der Waals surface area contributed by atoms with Crippen molar-refractivity contribution in [3.8, 4) is 0 Å². The van der Waals surface area contributed by atoms with Crippen molar-refractivity contribution >= 4 is 15.7 Å². The lowest BCUT2D eigenvalue weighted by atomic mass is 9.66. The second-order valence-corrected chi connectivity index (χ2v) is 10.3.